The fourth-order valence-electron chi connectivity index (χ4n) is 2.11. The Balaban J connectivity index is 1.56. The lowest BCUT2D eigenvalue weighted by Gasteiger charge is -2.11. The highest BCUT2D eigenvalue weighted by atomic mass is 79.9. The summed E-state index contributed by atoms with van der Waals surface area (Å²) in [5.41, 5.74) is 1.90. The van der Waals surface area contributed by atoms with Gasteiger partial charge < -0.3 is 10.1 Å². The number of halogens is 1. The van der Waals surface area contributed by atoms with Crippen LogP contribution in [0.2, 0.25) is 0 Å². The third-order valence-corrected chi connectivity index (χ3v) is 4.54. The van der Waals surface area contributed by atoms with Gasteiger partial charge in [-0.05, 0) is 33.6 Å². The molecular formula is C14H12BrNO2S. The molecule has 98 valence electrons. The van der Waals surface area contributed by atoms with Crippen molar-refractivity contribution in [3.8, 4) is 5.75 Å². The molecule has 1 N–H and O–H groups in total. The molecule has 0 radical (unpaired) electrons. The maximum absolute atomic E-state index is 11.9. The van der Waals surface area contributed by atoms with Gasteiger partial charge in [0.2, 0.25) is 0 Å². The summed E-state index contributed by atoms with van der Waals surface area (Å²) < 4.78 is 6.74. The van der Waals surface area contributed by atoms with Crippen LogP contribution in [0, 0.1) is 0 Å². The van der Waals surface area contributed by atoms with Crippen LogP contribution in [-0.2, 0) is 6.42 Å². The largest absolute Gasteiger partial charge is 0.488 e. The van der Waals surface area contributed by atoms with Crippen molar-refractivity contribution in [3.63, 3.8) is 0 Å². The number of carbonyl (C=O) groups is 1. The first kappa shape index (κ1) is 12.7. The van der Waals surface area contributed by atoms with Crippen LogP contribution >= 0.6 is 27.3 Å². The van der Waals surface area contributed by atoms with Crippen LogP contribution in [0.1, 0.15) is 15.9 Å². The second-order valence-corrected chi connectivity index (χ2v) is 6.69. The number of hydrogen-bond acceptors (Lipinski definition) is 3. The van der Waals surface area contributed by atoms with Gasteiger partial charge in [0.15, 0.2) is 0 Å². The Hall–Kier alpha value is -1.33. The second-order valence-electron chi connectivity index (χ2n) is 4.40. The molecule has 5 heteroatoms. The van der Waals surface area contributed by atoms with Gasteiger partial charge in [0, 0.05) is 11.8 Å². The van der Waals surface area contributed by atoms with Gasteiger partial charge in [-0.3, -0.25) is 4.79 Å². The summed E-state index contributed by atoms with van der Waals surface area (Å²) >= 11 is 4.86. The first-order valence-corrected chi connectivity index (χ1v) is 7.66. The van der Waals surface area contributed by atoms with Crippen molar-refractivity contribution in [2.24, 2.45) is 0 Å². The number of amides is 1. The van der Waals surface area contributed by atoms with Crippen molar-refractivity contribution in [2.75, 3.05) is 6.54 Å². The third-order valence-electron chi connectivity index (χ3n) is 3.03. The Bertz CT molecular complexity index is 586. The van der Waals surface area contributed by atoms with E-state index in [1.807, 2.05) is 29.6 Å². The lowest BCUT2D eigenvalue weighted by atomic mass is 10.1. The van der Waals surface area contributed by atoms with E-state index in [9.17, 15) is 4.79 Å². The lowest BCUT2D eigenvalue weighted by molar-refractivity contribution is 0.0934. The quantitative estimate of drug-likeness (QED) is 0.933. The fraction of sp³-hybridized carbons (Fsp3) is 0.214. The zero-order chi connectivity index (χ0) is 13.2. The molecule has 0 saturated heterocycles. The van der Waals surface area contributed by atoms with Gasteiger partial charge >= 0.3 is 0 Å². The lowest BCUT2D eigenvalue weighted by Crippen LogP contribution is -2.34. The number of hydrogen-bond donors (Lipinski definition) is 1. The molecule has 0 unspecified atom stereocenters. The molecule has 1 aliphatic rings. The number of nitrogens with one attached hydrogen (secondary N) is 1. The molecule has 3 rings (SSSR count). The minimum absolute atomic E-state index is 0.0310. The molecule has 0 bridgehead atoms. The van der Waals surface area contributed by atoms with Gasteiger partial charge in [-0.2, -0.15) is 0 Å². The average Bonchev–Trinajstić information content (AvgIpc) is 3.01. The number of para-hydroxylation sites is 1. The summed E-state index contributed by atoms with van der Waals surface area (Å²) in [5.74, 6) is 0.876. The Labute approximate surface area is 123 Å². The maximum Gasteiger partial charge on any atom is 0.252 e. The normalized spacial score (nSPS) is 16.8. The van der Waals surface area contributed by atoms with Gasteiger partial charge in [-0.15, -0.1) is 11.3 Å². The third kappa shape index (κ3) is 2.82. The first-order chi connectivity index (χ1) is 9.22. The minimum Gasteiger partial charge on any atom is -0.488 e. The van der Waals surface area contributed by atoms with E-state index >= 15 is 0 Å². The minimum atomic E-state index is -0.0542. The number of benzene rings is 1. The number of rotatable bonds is 3. The highest BCUT2D eigenvalue weighted by molar-refractivity contribution is 9.11. The number of thiophene rings is 1. The molecule has 19 heavy (non-hydrogen) atoms. The van der Waals surface area contributed by atoms with E-state index in [1.54, 1.807) is 0 Å². The van der Waals surface area contributed by atoms with E-state index in [4.69, 9.17) is 4.74 Å². The Kier molecular flexibility index (Phi) is 3.57. The van der Waals surface area contributed by atoms with E-state index in [1.165, 1.54) is 16.9 Å². The molecule has 0 saturated carbocycles. The summed E-state index contributed by atoms with van der Waals surface area (Å²) in [6.07, 6.45) is 0.882. The molecule has 2 aromatic rings. The molecule has 3 nitrogen and oxygen atoms in total. The second kappa shape index (κ2) is 5.35. The smallest absolute Gasteiger partial charge is 0.252 e. The van der Waals surface area contributed by atoms with Crippen molar-refractivity contribution in [1.29, 1.82) is 0 Å². The zero-order valence-electron chi connectivity index (χ0n) is 10.1. The van der Waals surface area contributed by atoms with Crippen LogP contribution < -0.4 is 10.1 Å². The number of ether oxygens (including phenoxy) is 1. The number of fused-ring (bicyclic) bond motifs is 1. The maximum atomic E-state index is 11.9. The van der Waals surface area contributed by atoms with E-state index in [-0.39, 0.29) is 12.0 Å². The van der Waals surface area contributed by atoms with Crippen LogP contribution in [0.25, 0.3) is 0 Å². The van der Waals surface area contributed by atoms with Crippen molar-refractivity contribution in [2.45, 2.75) is 12.5 Å². The summed E-state index contributed by atoms with van der Waals surface area (Å²) in [7, 11) is 0. The van der Waals surface area contributed by atoms with E-state index < -0.39 is 0 Å². The molecule has 0 spiro atoms. The molecule has 1 aromatic heterocycles. The summed E-state index contributed by atoms with van der Waals surface area (Å²) in [6, 6.07) is 9.82. The van der Waals surface area contributed by atoms with Crippen molar-refractivity contribution in [1.82, 2.24) is 5.32 Å². The van der Waals surface area contributed by atoms with Gasteiger partial charge in [-0.1, -0.05) is 18.2 Å². The molecular weight excluding hydrogens is 326 g/mol. The molecule has 2 heterocycles. The molecule has 1 atom stereocenters. The Morgan fingerprint density at radius 2 is 2.32 bits per heavy atom. The molecule has 1 aliphatic heterocycles. The molecule has 0 aliphatic carbocycles. The average molecular weight is 338 g/mol. The molecule has 1 aromatic carbocycles. The predicted octanol–water partition coefficient (Wildman–Crippen LogP) is 3.24. The monoisotopic (exact) mass is 337 g/mol. The summed E-state index contributed by atoms with van der Waals surface area (Å²) in [6.45, 7) is 0.529. The van der Waals surface area contributed by atoms with Gasteiger partial charge in [-0.25, -0.2) is 0 Å². The van der Waals surface area contributed by atoms with E-state index in [0.717, 1.165) is 16.0 Å². The van der Waals surface area contributed by atoms with Crippen LogP contribution in [0.3, 0.4) is 0 Å². The van der Waals surface area contributed by atoms with Gasteiger partial charge in [0.05, 0.1) is 15.9 Å². The Morgan fingerprint density at radius 3 is 3.05 bits per heavy atom. The van der Waals surface area contributed by atoms with Crippen LogP contribution in [0.15, 0.2) is 39.5 Å². The Morgan fingerprint density at radius 1 is 1.47 bits per heavy atom. The van der Waals surface area contributed by atoms with Crippen LogP contribution in [0.4, 0.5) is 0 Å². The van der Waals surface area contributed by atoms with Crippen molar-refractivity contribution < 1.29 is 9.53 Å². The summed E-state index contributed by atoms with van der Waals surface area (Å²) in [4.78, 5) is 11.9. The van der Waals surface area contributed by atoms with Gasteiger partial charge in [0.25, 0.3) is 5.91 Å². The van der Waals surface area contributed by atoms with E-state index in [0.29, 0.717) is 12.1 Å². The topological polar surface area (TPSA) is 38.3 Å². The predicted molar refractivity (Wildman–Crippen MR) is 78.9 cm³/mol. The highest BCUT2D eigenvalue weighted by Crippen LogP contribution is 2.27. The van der Waals surface area contributed by atoms with E-state index in [2.05, 4.69) is 27.3 Å². The summed E-state index contributed by atoms with van der Waals surface area (Å²) in [5, 5.41) is 4.75. The first-order valence-electron chi connectivity index (χ1n) is 5.99. The molecule has 0 fully saturated rings. The highest BCUT2D eigenvalue weighted by Gasteiger charge is 2.22. The SMILES string of the molecule is O=C(NC[C@H]1Cc2ccccc2O1)c1csc(Br)c1. The van der Waals surface area contributed by atoms with Gasteiger partial charge in [0.1, 0.15) is 11.9 Å². The molecule has 1 amide bonds. The van der Waals surface area contributed by atoms with Crippen molar-refractivity contribution in [3.05, 3.63) is 50.6 Å². The van der Waals surface area contributed by atoms with Crippen LogP contribution in [0.5, 0.6) is 5.75 Å². The standard InChI is InChI=1S/C14H12BrNO2S/c15-13-6-10(8-19-13)14(17)16-7-11-5-9-3-1-2-4-12(9)18-11/h1-4,6,8,11H,5,7H2,(H,16,17)/t11-/m1/s1. The number of carbonyl (C=O) groups excluding carboxylic acids is 1. The fourth-order valence-corrected chi connectivity index (χ4v) is 3.24. The zero-order valence-corrected chi connectivity index (χ0v) is 12.5. The van der Waals surface area contributed by atoms with Crippen LogP contribution in [-0.4, -0.2) is 18.6 Å². The van der Waals surface area contributed by atoms with Crippen molar-refractivity contribution >= 4 is 33.2 Å².